The van der Waals surface area contributed by atoms with Crippen LogP contribution in [0.25, 0.3) is 22.2 Å². The van der Waals surface area contributed by atoms with Gasteiger partial charge in [0.15, 0.2) is 0 Å². The Balaban J connectivity index is 1.65. The van der Waals surface area contributed by atoms with Crippen molar-refractivity contribution in [1.29, 1.82) is 0 Å². The van der Waals surface area contributed by atoms with Crippen LogP contribution in [-0.4, -0.2) is 17.4 Å². The number of pyridine rings is 1. The van der Waals surface area contributed by atoms with E-state index in [9.17, 15) is 4.79 Å². The monoisotopic (exact) mass is 472 g/mol. The molecule has 3 aromatic carbocycles. The predicted molar refractivity (Wildman–Crippen MR) is 131 cm³/mol. The summed E-state index contributed by atoms with van der Waals surface area (Å²) < 4.78 is 0.925. The third-order valence-electron chi connectivity index (χ3n) is 5.43. The second-order valence-corrected chi connectivity index (χ2v) is 8.90. The van der Waals surface area contributed by atoms with Gasteiger partial charge in [-0.05, 0) is 47.7 Å². The maximum Gasteiger partial charge on any atom is 0.252 e. The van der Waals surface area contributed by atoms with Gasteiger partial charge < -0.3 is 5.32 Å². The lowest BCUT2D eigenvalue weighted by atomic mass is 9.99. The van der Waals surface area contributed by atoms with Crippen LogP contribution < -0.4 is 5.32 Å². The number of hydrogen-bond donors (Lipinski definition) is 1. The Labute approximate surface area is 191 Å². The highest BCUT2D eigenvalue weighted by Crippen LogP contribution is 2.28. The lowest BCUT2D eigenvalue weighted by Gasteiger charge is -2.12. The second-order valence-electron chi connectivity index (χ2n) is 7.98. The maximum atomic E-state index is 13.1. The normalized spacial score (nSPS) is 11.1. The maximum absolute atomic E-state index is 13.1. The van der Waals surface area contributed by atoms with Crippen molar-refractivity contribution in [3.05, 3.63) is 100 Å². The number of hydrogen-bond acceptors (Lipinski definition) is 2. The number of amides is 1. The quantitative estimate of drug-likeness (QED) is 0.336. The Hall–Kier alpha value is -2.98. The number of nitrogens with one attached hydrogen (secondary N) is 1. The standard InChI is InChI=1S/C27H25BrN2O/c1-18(2)20-8-10-21(11-9-20)26-17-24(23-16-22(28)12-13-25(23)30-26)27(31)29-15-14-19-6-4-3-5-7-19/h3-13,16-18H,14-15H2,1-2H3,(H,29,31). The van der Waals surface area contributed by atoms with Crippen molar-refractivity contribution in [3.63, 3.8) is 0 Å². The molecular weight excluding hydrogens is 448 g/mol. The van der Waals surface area contributed by atoms with Crippen molar-refractivity contribution in [3.8, 4) is 11.3 Å². The highest BCUT2D eigenvalue weighted by molar-refractivity contribution is 9.10. The molecule has 1 N–H and O–H groups in total. The molecule has 0 aliphatic carbocycles. The van der Waals surface area contributed by atoms with Crippen molar-refractivity contribution < 1.29 is 4.79 Å². The summed E-state index contributed by atoms with van der Waals surface area (Å²) in [6.07, 6.45) is 0.794. The number of benzene rings is 3. The van der Waals surface area contributed by atoms with Crippen LogP contribution in [0.5, 0.6) is 0 Å². The molecule has 31 heavy (non-hydrogen) atoms. The van der Waals surface area contributed by atoms with Gasteiger partial charge in [0.25, 0.3) is 5.91 Å². The van der Waals surface area contributed by atoms with Crippen LogP contribution in [0.4, 0.5) is 0 Å². The topological polar surface area (TPSA) is 42.0 Å². The first-order valence-electron chi connectivity index (χ1n) is 10.5. The fourth-order valence-corrected chi connectivity index (χ4v) is 3.99. The van der Waals surface area contributed by atoms with Gasteiger partial charge in [-0.25, -0.2) is 4.98 Å². The molecule has 0 spiro atoms. The number of carbonyl (C=O) groups excluding carboxylic acids is 1. The van der Waals surface area contributed by atoms with Gasteiger partial charge in [0.2, 0.25) is 0 Å². The number of rotatable bonds is 6. The SMILES string of the molecule is CC(C)c1ccc(-c2cc(C(=O)NCCc3ccccc3)c3cc(Br)ccc3n2)cc1. The van der Waals surface area contributed by atoms with Gasteiger partial charge in [-0.3, -0.25) is 4.79 Å². The fraction of sp³-hybridized carbons (Fsp3) is 0.185. The van der Waals surface area contributed by atoms with Crippen molar-refractivity contribution in [2.75, 3.05) is 6.54 Å². The van der Waals surface area contributed by atoms with Crippen LogP contribution in [0.1, 0.15) is 41.3 Å². The molecule has 0 saturated heterocycles. The van der Waals surface area contributed by atoms with E-state index < -0.39 is 0 Å². The molecule has 0 fully saturated rings. The molecule has 0 saturated carbocycles. The zero-order valence-corrected chi connectivity index (χ0v) is 19.3. The van der Waals surface area contributed by atoms with Crippen LogP contribution >= 0.6 is 15.9 Å². The van der Waals surface area contributed by atoms with E-state index in [0.29, 0.717) is 18.0 Å². The minimum atomic E-state index is -0.0820. The number of nitrogens with zero attached hydrogens (tertiary/aromatic N) is 1. The van der Waals surface area contributed by atoms with Crippen LogP contribution in [0.2, 0.25) is 0 Å². The van der Waals surface area contributed by atoms with Gasteiger partial charge in [-0.15, -0.1) is 0 Å². The molecule has 0 aliphatic rings. The Bertz CT molecular complexity index is 1200. The first-order chi connectivity index (χ1) is 15.0. The highest BCUT2D eigenvalue weighted by Gasteiger charge is 2.14. The number of carbonyl (C=O) groups is 1. The van der Waals surface area contributed by atoms with E-state index in [1.807, 2.05) is 42.5 Å². The van der Waals surface area contributed by atoms with Crippen molar-refractivity contribution in [1.82, 2.24) is 10.3 Å². The largest absolute Gasteiger partial charge is 0.352 e. The highest BCUT2D eigenvalue weighted by atomic mass is 79.9. The molecule has 0 aliphatic heterocycles. The third-order valence-corrected chi connectivity index (χ3v) is 5.92. The van der Waals surface area contributed by atoms with Gasteiger partial charge in [-0.2, -0.15) is 0 Å². The van der Waals surface area contributed by atoms with Crippen molar-refractivity contribution >= 4 is 32.7 Å². The second kappa shape index (κ2) is 9.44. The smallest absolute Gasteiger partial charge is 0.252 e. The molecule has 156 valence electrons. The summed E-state index contributed by atoms with van der Waals surface area (Å²) in [5, 5.41) is 3.92. The minimum absolute atomic E-state index is 0.0820. The first kappa shape index (κ1) is 21.3. The Morgan fingerprint density at radius 3 is 2.42 bits per heavy atom. The molecule has 4 heteroatoms. The van der Waals surface area contributed by atoms with Crippen LogP contribution in [-0.2, 0) is 6.42 Å². The van der Waals surface area contributed by atoms with Crippen LogP contribution in [0, 0.1) is 0 Å². The molecule has 0 unspecified atom stereocenters. The summed E-state index contributed by atoms with van der Waals surface area (Å²) in [6.45, 7) is 4.94. The number of fused-ring (bicyclic) bond motifs is 1. The van der Waals surface area contributed by atoms with Crippen LogP contribution in [0.3, 0.4) is 0 Å². The number of halogens is 1. The lowest BCUT2D eigenvalue weighted by Crippen LogP contribution is -2.26. The van der Waals surface area contributed by atoms with E-state index in [0.717, 1.165) is 33.1 Å². The summed E-state index contributed by atoms with van der Waals surface area (Å²) in [6, 6.07) is 26.4. The molecule has 1 aromatic heterocycles. The van der Waals surface area contributed by atoms with E-state index in [1.54, 1.807) is 0 Å². The van der Waals surface area contributed by atoms with E-state index in [1.165, 1.54) is 11.1 Å². The predicted octanol–water partition coefficient (Wildman–Crippen LogP) is 6.76. The summed E-state index contributed by atoms with van der Waals surface area (Å²) in [7, 11) is 0. The zero-order valence-electron chi connectivity index (χ0n) is 17.7. The summed E-state index contributed by atoms with van der Waals surface area (Å²) >= 11 is 3.52. The molecule has 0 bridgehead atoms. The fourth-order valence-electron chi connectivity index (χ4n) is 3.63. The Morgan fingerprint density at radius 2 is 1.71 bits per heavy atom. The molecule has 4 rings (SSSR count). The van der Waals surface area contributed by atoms with Crippen LogP contribution in [0.15, 0.2) is 83.3 Å². The van der Waals surface area contributed by atoms with Crippen molar-refractivity contribution in [2.45, 2.75) is 26.2 Å². The van der Waals surface area contributed by atoms with Gasteiger partial charge in [0.1, 0.15) is 0 Å². The zero-order chi connectivity index (χ0) is 21.8. The number of aromatic nitrogens is 1. The first-order valence-corrected chi connectivity index (χ1v) is 11.3. The van der Waals surface area contributed by atoms with E-state index in [4.69, 9.17) is 4.98 Å². The average Bonchev–Trinajstić information content (AvgIpc) is 2.79. The molecule has 1 heterocycles. The molecule has 3 nitrogen and oxygen atoms in total. The van der Waals surface area contributed by atoms with E-state index in [-0.39, 0.29) is 5.91 Å². The lowest BCUT2D eigenvalue weighted by molar-refractivity contribution is 0.0955. The molecule has 4 aromatic rings. The van der Waals surface area contributed by atoms with Gasteiger partial charge in [-0.1, -0.05) is 84.4 Å². The third kappa shape index (κ3) is 5.02. The van der Waals surface area contributed by atoms with Crippen molar-refractivity contribution in [2.24, 2.45) is 0 Å². The van der Waals surface area contributed by atoms with Gasteiger partial charge in [0.05, 0.1) is 16.8 Å². The minimum Gasteiger partial charge on any atom is -0.352 e. The van der Waals surface area contributed by atoms with Gasteiger partial charge in [0, 0.05) is 22.0 Å². The average molecular weight is 473 g/mol. The summed E-state index contributed by atoms with van der Waals surface area (Å²) in [5.74, 6) is 0.392. The van der Waals surface area contributed by atoms with Gasteiger partial charge >= 0.3 is 0 Å². The molecule has 0 radical (unpaired) electrons. The Kier molecular flexibility index (Phi) is 6.47. The molecular formula is C27H25BrN2O. The molecule has 0 atom stereocenters. The van der Waals surface area contributed by atoms with E-state index in [2.05, 4.69) is 71.5 Å². The van der Waals surface area contributed by atoms with E-state index >= 15 is 0 Å². The molecule has 1 amide bonds. The Morgan fingerprint density at radius 1 is 0.968 bits per heavy atom. The summed E-state index contributed by atoms with van der Waals surface area (Å²) in [4.78, 5) is 18.0. The summed E-state index contributed by atoms with van der Waals surface area (Å²) in [5.41, 5.74) is 5.75.